The van der Waals surface area contributed by atoms with Crippen molar-refractivity contribution in [1.29, 1.82) is 0 Å². The lowest BCUT2D eigenvalue weighted by Gasteiger charge is -2.08. The van der Waals surface area contributed by atoms with E-state index in [9.17, 15) is 4.79 Å². The minimum absolute atomic E-state index is 0.308. The minimum atomic E-state index is -0.444. The molecular formula is C16H12O3. The van der Waals surface area contributed by atoms with E-state index >= 15 is 0 Å². The molecule has 3 rings (SSSR count). The zero-order valence-corrected chi connectivity index (χ0v) is 10.4. The number of hydrogen-bond donors (Lipinski definition) is 0. The van der Waals surface area contributed by atoms with Crippen molar-refractivity contribution in [1.82, 2.24) is 0 Å². The summed E-state index contributed by atoms with van der Waals surface area (Å²) in [6.45, 7) is 1.74. The third-order valence-corrected chi connectivity index (χ3v) is 2.89. The molecule has 1 aliphatic rings. The van der Waals surface area contributed by atoms with E-state index in [0.717, 1.165) is 11.1 Å². The van der Waals surface area contributed by atoms with Crippen LogP contribution in [-0.4, -0.2) is 5.97 Å². The van der Waals surface area contributed by atoms with E-state index in [1.165, 1.54) is 0 Å². The van der Waals surface area contributed by atoms with Crippen LogP contribution in [0.5, 0.6) is 5.75 Å². The number of carbonyl (C=O) groups excluding carboxylic acids is 1. The van der Waals surface area contributed by atoms with Crippen molar-refractivity contribution < 1.29 is 14.3 Å². The van der Waals surface area contributed by atoms with Crippen molar-refractivity contribution >= 4 is 5.97 Å². The van der Waals surface area contributed by atoms with Gasteiger partial charge in [0.25, 0.3) is 0 Å². The summed E-state index contributed by atoms with van der Waals surface area (Å²) in [4.78, 5) is 11.8. The molecule has 0 atom stereocenters. The molecule has 1 aliphatic heterocycles. The fourth-order valence-corrected chi connectivity index (χ4v) is 1.87. The number of rotatable bonds is 3. The van der Waals surface area contributed by atoms with Crippen molar-refractivity contribution in [3.8, 4) is 16.9 Å². The normalized spacial score (nSPS) is 12.9. The van der Waals surface area contributed by atoms with Crippen LogP contribution < -0.4 is 4.74 Å². The van der Waals surface area contributed by atoms with Crippen LogP contribution in [0.3, 0.4) is 0 Å². The number of hydrogen-bond acceptors (Lipinski definition) is 3. The first kappa shape index (κ1) is 11.5. The Morgan fingerprint density at radius 1 is 1.00 bits per heavy atom. The van der Waals surface area contributed by atoms with Gasteiger partial charge in [0.15, 0.2) is 5.76 Å². The summed E-state index contributed by atoms with van der Waals surface area (Å²) in [7, 11) is 0. The van der Waals surface area contributed by atoms with Crippen LogP contribution in [0, 0.1) is 0 Å². The fourth-order valence-electron chi connectivity index (χ4n) is 1.87. The number of para-hydroxylation sites is 1. The Morgan fingerprint density at radius 3 is 2.32 bits per heavy atom. The highest BCUT2D eigenvalue weighted by Gasteiger charge is 2.30. The smallest absolute Gasteiger partial charge is 0.383 e. The molecule has 0 N–H and O–H groups in total. The summed E-state index contributed by atoms with van der Waals surface area (Å²) in [5.41, 5.74) is 1.89. The molecule has 94 valence electrons. The molecule has 0 fully saturated rings. The van der Waals surface area contributed by atoms with Crippen LogP contribution in [-0.2, 0) is 9.53 Å². The number of esters is 1. The summed E-state index contributed by atoms with van der Waals surface area (Å²) in [5.74, 6) is 1.03. The van der Waals surface area contributed by atoms with Crippen LogP contribution in [0.2, 0.25) is 0 Å². The molecule has 2 aromatic carbocycles. The highest BCUT2D eigenvalue weighted by molar-refractivity contribution is 5.92. The quantitative estimate of drug-likeness (QED) is 0.619. The Hall–Kier alpha value is -2.55. The molecule has 0 saturated carbocycles. The molecule has 0 spiro atoms. The molecule has 0 saturated heterocycles. The van der Waals surface area contributed by atoms with Gasteiger partial charge in [-0.3, -0.25) is 0 Å². The first-order valence-electron chi connectivity index (χ1n) is 6.01. The summed E-state index contributed by atoms with van der Waals surface area (Å²) in [6, 6.07) is 17.3. The Labute approximate surface area is 111 Å². The molecule has 3 heteroatoms. The monoisotopic (exact) mass is 252 g/mol. The molecule has 19 heavy (non-hydrogen) atoms. The van der Waals surface area contributed by atoms with E-state index < -0.39 is 5.97 Å². The van der Waals surface area contributed by atoms with Gasteiger partial charge in [-0.05, 0) is 18.6 Å². The van der Waals surface area contributed by atoms with Gasteiger partial charge in [0, 0.05) is 5.56 Å². The average Bonchev–Trinajstić information content (AvgIpc) is 3.18. The van der Waals surface area contributed by atoms with Crippen molar-refractivity contribution in [2.45, 2.75) is 6.92 Å². The van der Waals surface area contributed by atoms with Crippen LogP contribution in [0.15, 0.2) is 66.1 Å². The zero-order chi connectivity index (χ0) is 13.2. The van der Waals surface area contributed by atoms with Crippen molar-refractivity contribution in [2.75, 3.05) is 0 Å². The van der Waals surface area contributed by atoms with Gasteiger partial charge in [0.1, 0.15) is 5.75 Å². The average molecular weight is 252 g/mol. The van der Waals surface area contributed by atoms with E-state index in [2.05, 4.69) is 0 Å². The number of ether oxygens (including phenoxy) is 2. The zero-order valence-electron chi connectivity index (χ0n) is 10.4. The summed E-state index contributed by atoms with van der Waals surface area (Å²) in [6.07, 6.45) is 0. The number of carbonyl (C=O) groups is 1. The van der Waals surface area contributed by atoms with Gasteiger partial charge in [-0.15, -0.1) is 0 Å². The van der Waals surface area contributed by atoms with Crippen molar-refractivity contribution in [3.05, 3.63) is 66.1 Å². The van der Waals surface area contributed by atoms with E-state index in [1.807, 2.05) is 48.5 Å². The summed E-state index contributed by atoms with van der Waals surface area (Å²) in [5, 5.41) is 0. The standard InChI is InChI=1S/C16H12O3/c1-11-15(18-11)16(17)19-14-10-6-5-9-13(14)12-7-3-2-4-8-12/h2-10H,1H3. The predicted octanol–water partition coefficient (Wildman–Crippen LogP) is 3.52. The third-order valence-electron chi connectivity index (χ3n) is 2.89. The Balaban J connectivity index is 1.92. The van der Waals surface area contributed by atoms with Crippen molar-refractivity contribution in [2.24, 2.45) is 0 Å². The maximum Gasteiger partial charge on any atom is 0.383 e. The first-order valence-corrected chi connectivity index (χ1v) is 6.01. The molecule has 0 unspecified atom stereocenters. The number of benzene rings is 2. The minimum Gasteiger partial charge on any atom is -0.447 e. The summed E-state index contributed by atoms with van der Waals surface area (Å²) >= 11 is 0. The van der Waals surface area contributed by atoms with Gasteiger partial charge in [-0.2, -0.15) is 0 Å². The van der Waals surface area contributed by atoms with Gasteiger partial charge in [-0.1, -0.05) is 48.5 Å². The molecular weight excluding hydrogens is 240 g/mol. The molecule has 1 heterocycles. The molecule has 0 bridgehead atoms. The predicted molar refractivity (Wildman–Crippen MR) is 71.3 cm³/mol. The Bertz CT molecular complexity index is 657. The highest BCUT2D eigenvalue weighted by atomic mass is 16.6. The SMILES string of the molecule is CC1=C(C(=O)Oc2ccccc2-c2ccccc2)O1. The Morgan fingerprint density at radius 2 is 1.63 bits per heavy atom. The van der Waals surface area contributed by atoms with Crippen LogP contribution in [0.4, 0.5) is 0 Å². The van der Waals surface area contributed by atoms with Gasteiger partial charge >= 0.3 is 5.97 Å². The first-order chi connectivity index (χ1) is 9.25. The molecule has 2 aromatic rings. The van der Waals surface area contributed by atoms with Gasteiger partial charge < -0.3 is 9.47 Å². The molecule has 0 amide bonds. The third kappa shape index (κ3) is 2.36. The largest absolute Gasteiger partial charge is 0.447 e. The fraction of sp³-hybridized carbons (Fsp3) is 0.0625. The van der Waals surface area contributed by atoms with Gasteiger partial charge in [-0.25, -0.2) is 4.79 Å². The lowest BCUT2D eigenvalue weighted by atomic mass is 10.1. The highest BCUT2D eigenvalue weighted by Crippen LogP contribution is 2.32. The van der Waals surface area contributed by atoms with E-state index in [0.29, 0.717) is 17.3 Å². The molecule has 3 nitrogen and oxygen atoms in total. The number of allylic oxidation sites excluding steroid dienone is 1. The van der Waals surface area contributed by atoms with Gasteiger partial charge in [0.05, 0.1) is 0 Å². The maximum atomic E-state index is 11.8. The second-order valence-electron chi connectivity index (χ2n) is 4.24. The van der Waals surface area contributed by atoms with Crippen LogP contribution in [0.25, 0.3) is 11.1 Å². The molecule has 0 aromatic heterocycles. The van der Waals surface area contributed by atoms with Crippen LogP contribution in [0.1, 0.15) is 6.92 Å². The molecule has 0 radical (unpaired) electrons. The van der Waals surface area contributed by atoms with E-state index in [-0.39, 0.29) is 0 Å². The maximum absolute atomic E-state index is 11.8. The van der Waals surface area contributed by atoms with E-state index in [1.54, 1.807) is 13.0 Å². The molecule has 0 aliphatic carbocycles. The summed E-state index contributed by atoms with van der Waals surface area (Å²) < 4.78 is 10.3. The van der Waals surface area contributed by atoms with Crippen molar-refractivity contribution in [3.63, 3.8) is 0 Å². The second kappa shape index (κ2) is 4.61. The van der Waals surface area contributed by atoms with Gasteiger partial charge in [0.2, 0.25) is 5.76 Å². The second-order valence-corrected chi connectivity index (χ2v) is 4.24. The lowest BCUT2D eigenvalue weighted by Crippen LogP contribution is -2.07. The van der Waals surface area contributed by atoms with Crippen LogP contribution >= 0.6 is 0 Å². The Kier molecular flexibility index (Phi) is 2.80. The lowest BCUT2D eigenvalue weighted by molar-refractivity contribution is -0.131. The van der Waals surface area contributed by atoms with E-state index in [4.69, 9.17) is 9.47 Å². The topological polar surface area (TPSA) is 38.8 Å².